The molecule has 3 aromatic rings. The zero-order chi connectivity index (χ0) is 29.7. The van der Waals surface area contributed by atoms with E-state index in [1.807, 2.05) is 72.8 Å². The van der Waals surface area contributed by atoms with E-state index in [2.05, 4.69) is 6.58 Å². The number of aliphatic hydroxyl groups excluding tert-OH is 1. The van der Waals surface area contributed by atoms with Crippen LogP contribution in [0, 0.1) is 0 Å². The van der Waals surface area contributed by atoms with Crippen LogP contribution in [-0.2, 0) is 43.5 Å². The SMILES string of the molecule is C=CCO[C@@H]1O[C@H](CO)[C@@H](OCc2ccc(OC)cc2)[C@H](OCc2ccc(OC)cc2)[C@H]1OCc1ccc(OC)cc1. The van der Waals surface area contributed by atoms with Gasteiger partial charge in [0, 0.05) is 0 Å². The number of rotatable bonds is 16. The number of ether oxygens (including phenoxy) is 8. The van der Waals surface area contributed by atoms with Crippen molar-refractivity contribution in [2.24, 2.45) is 0 Å². The van der Waals surface area contributed by atoms with Crippen molar-refractivity contribution in [3.8, 4) is 17.2 Å². The molecule has 0 unspecified atom stereocenters. The Kier molecular flexibility index (Phi) is 12.2. The summed E-state index contributed by atoms with van der Waals surface area (Å²) in [5.74, 6) is 2.26. The van der Waals surface area contributed by atoms with Crippen molar-refractivity contribution in [1.82, 2.24) is 0 Å². The van der Waals surface area contributed by atoms with Crippen molar-refractivity contribution >= 4 is 0 Å². The lowest BCUT2D eigenvalue weighted by Crippen LogP contribution is -2.61. The van der Waals surface area contributed by atoms with E-state index in [1.165, 1.54) is 0 Å². The minimum absolute atomic E-state index is 0.230. The molecule has 0 aromatic heterocycles. The van der Waals surface area contributed by atoms with Gasteiger partial charge in [0.1, 0.15) is 41.7 Å². The third-order valence-corrected chi connectivity index (χ3v) is 6.95. The summed E-state index contributed by atoms with van der Waals surface area (Å²) in [6, 6.07) is 22.9. The van der Waals surface area contributed by atoms with E-state index in [0.29, 0.717) is 0 Å². The molecule has 9 heteroatoms. The Hall–Kier alpha value is -3.44. The Labute approximate surface area is 247 Å². The second-order valence-electron chi connectivity index (χ2n) is 9.72. The number of hydrogen-bond donors (Lipinski definition) is 1. The van der Waals surface area contributed by atoms with Gasteiger partial charge in [0.2, 0.25) is 0 Å². The van der Waals surface area contributed by atoms with E-state index < -0.39 is 30.7 Å². The van der Waals surface area contributed by atoms with Crippen LogP contribution in [0.4, 0.5) is 0 Å². The molecular formula is C33H40O9. The molecule has 4 rings (SSSR count). The average Bonchev–Trinajstić information content (AvgIpc) is 3.05. The van der Waals surface area contributed by atoms with Crippen molar-refractivity contribution in [3.05, 3.63) is 102 Å². The van der Waals surface area contributed by atoms with Crippen LogP contribution in [0.1, 0.15) is 16.7 Å². The van der Waals surface area contributed by atoms with Gasteiger partial charge in [-0.1, -0.05) is 42.5 Å². The van der Waals surface area contributed by atoms with Crippen LogP contribution >= 0.6 is 0 Å². The lowest BCUT2D eigenvalue weighted by atomic mass is 9.98. The van der Waals surface area contributed by atoms with E-state index in [-0.39, 0.29) is 33.0 Å². The highest BCUT2D eigenvalue weighted by molar-refractivity contribution is 5.28. The summed E-state index contributed by atoms with van der Waals surface area (Å²) in [5.41, 5.74) is 2.81. The van der Waals surface area contributed by atoms with Crippen molar-refractivity contribution in [1.29, 1.82) is 0 Å². The fraction of sp³-hybridized carbons (Fsp3) is 0.394. The highest BCUT2D eigenvalue weighted by Crippen LogP contribution is 2.31. The molecule has 1 heterocycles. The molecule has 0 aliphatic carbocycles. The predicted molar refractivity (Wildman–Crippen MR) is 157 cm³/mol. The number of hydrogen-bond acceptors (Lipinski definition) is 9. The Morgan fingerprint density at radius 2 is 1.02 bits per heavy atom. The highest BCUT2D eigenvalue weighted by atomic mass is 16.7. The van der Waals surface area contributed by atoms with Crippen molar-refractivity contribution in [3.63, 3.8) is 0 Å². The average molecular weight is 581 g/mol. The topological polar surface area (TPSA) is 94.1 Å². The smallest absolute Gasteiger partial charge is 0.187 e. The lowest BCUT2D eigenvalue weighted by Gasteiger charge is -2.45. The fourth-order valence-corrected chi connectivity index (χ4v) is 4.63. The van der Waals surface area contributed by atoms with Gasteiger partial charge in [0.05, 0.1) is 54.4 Å². The van der Waals surface area contributed by atoms with Crippen LogP contribution in [0.15, 0.2) is 85.5 Å². The summed E-state index contributed by atoms with van der Waals surface area (Å²) in [5, 5.41) is 10.4. The van der Waals surface area contributed by atoms with Gasteiger partial charge in [-0.05, 0) is 53.1 Å². The maximum atomic E-state index is 10.4. The van der Waals surface area contributed by atoms with E-state index in [0.717, 1.165) is 33.9 Å². The number of aliphatic hydroxyl groups is 1. The number of benzene rings is 3. The Bertz CT molecular complexity index is 1200. The summed E-state index contributed by atoms with van der Waals surface area (Å²) in [4.78, 5) is 0. The molecule has 1 saturated heterocycles. The summed E-state index contributed by atoms with van der Waals surface area (Å²) < 4.78 is 47.4. The summed E-state index contributed by atoms with van der Waals surface area (Å²) in [7, 11) is 4.88. The van der Waals surface area contributed by atoms with Crippen molar-refractivity contribution in [2.45, 2.75) is 50.5 Å². The lowest BCUT2D eigenvalue weighted by molar-refractivity contribution is -0.324. The summed E-state index contributed by atoms with van der Waals surface area (Å²) in [6.45, 7) is 4.50. The van der Waals surface area contributed by atoms with Crippen LogP contribution in [0.5, 0.6) is 17.2 Å². The maximum absolute atomic E-state index is 10.4. The Morgan fingerprint density at radius 1 is 0.619 bits per heavy atom. The Morgan fingerprint density at radius 3 is 1.40 bits per heavy atom. The third-order valence-electron chi connectivity index (χ3n) is 6.95. The predicted octanol–water partition coefficient (Wildman–Crippen LogP) is 4.69. The quantitative estimate of drug-likeness (QED) is 0.242. The molecule has 42 heavy (non-hydrogen) atoms. The van der Waals surface area contributed by atoms with Gasteiger partial charge >= 0.3 is 0 Å². The minimum atomic E-state index is -0.833. The molecule has 3 aromatic carbocycles. The molecule has 0 radical (unpaired) electrons. The van der Waals surface area contributed by atoms with Crippen LogP contribution in [-0.4, -0.2) is 70.4 Å². The van der Waals surface area contributed by atoms with E-state index in [1.54, 1.807) is 27.4 Å². The van der Waals surface area contributed by atoms with Crippen LogP contribution < -0.4 is 14.2 Å². The molecule has 0 bridgehead atoms. The molecule has 0 saturated carbocycles. The van der Waals surface area contributed by atoms with E-state index in [9.17, 15) is 5.11 Å². The standard InChI is InChI=1S/C33H40O9/c1-5-18-38-33-32(41-22-25-10-16-28(37-4)17-11-25)31(40-21-24-8-14-27(36-3)15-9-24)30(29(19-34)42-33)39-20-23-6-12-26(35-2)13-7-23/h5-17,29-34H,1,18-22H2,2-4H3/t29-,30-,31+,32-,33-/m1/s1. The first kappa shape index (κ1) is 31.5. The first-order valence-electron chi connectivity index (χ1n) is 13.8. The number of methoxy groups -OCH3 is 3. The van der Waals surface area contributed by atoms with Gasteiger partial charge in [0.25, 0.3) is 0 Å². The first-order valence-corrected chi connectivity index (χ1v) is 13.8. The molecular weight excluding hydrogens is 540 g/mol. The van der Waals surface area contributed by atoms with Crippen molar-refractivity contribution < 1.29 is 43.0 Å². The second-order valence-corrected chi connectivity index (χ2v) is 9.72. The highest BCUT2D eigenvalue weighted by Gasteiger charge is 2.48. The molecule has 1 N–H and O–H groups in total. The van der Waals surface area contributed by atoms with E-state index >= 15 is 0 Å². The maximum Gasteiger partial charge on any atom is 0.187 e. The molecule has 226 valence electrons. The first-order chi connectivity index (χ1) is 20.6. The van der Waals surface area contributed by atoms with Crippen molar-refractivity contribution in [2.75, 3.05) is 34.5 Å². The van der Waals surface area contributed by atoms with Gasteiger partial charge in [-0.25, -0.2) is 0 Å². The fourth-order valence-electron chi connectivity index (χ4n) is 4.63. The largest absolute Gasteiger partial charge is 0.497 e. The van der Waals surface area contributed by atoms with Gasteiger partial charge in [0.15, 0.2) is 6.29 Å². The van der Waals surface area contributed by atoms with Gasteiger partial charge in [-0.2, -0.15) is 0 Å². The van der Waals surface area contributed by atoms with E-state index in [4.69, 9.17) is 37.9 Å². The van der Waals surface area contributed by atoms with Crippen LogP contribution in [0.25, 0.3) is 0 Å². The monoisotopic (exact) mass is 580 g/mol. The molecule has 1 fully saturated rings. The van der Waals surface area contributed by atoms with Crippen LogP contribution in [0.3, 0.4) is 0 Å². The summed E-state index contributed by atoms with van der Waals surface area (Å²) >= 11 is 0. The molecule has 9 nitrogen and oxygen atoms in total. The second kappa shape index (κ2) is 16.3. The molecule has 1 aliphatic heterocycles. The molecule has 0 spiro atoms. The minimum Gasteiger partial charge on any atom is -0.497 e. The van der Waals surface area contributed by atoms with Gasteiger partial charge < -0.3 is 43.0 Å². The Balaban J connectivity index is 1.59. The molecule has 1 aliphatic rings. The summed E-state index contributed by atoms with van der Waals surface area (Å²) in [6.07, 6.45) is -1.92. The third kappa shape index (κ3) is 8.54. The normalized spacial score (nSPS) is 22.0. The molecule has 5 atom stereocenters. The van der Waals surface area contributed by atoms with Gasteiger partial charge in [-0.3, -0.25) is 0 Å². The van der Waals surface area contributed by atoms with Crippen LogP contribution in [0.2, 0.25) is 0 Å². The van der Waals surface area contributed by atoms with Gasteiger partial charge in [-0.15, -0.1) is 6.58 Å². The zero-order valence-electron chi connectivity index (χ0n) is 24.3. The molecule has 0 amide bonds. The zero-order valence-corrected chi connectivity index (χ0v) is 24.3.